The van der Waals surface area contributed by atoms with Gasteiger partial charge < -0.3 is 4.18 Å². The maximum Gasteiger partial charge on any atom is 0.310 e. The lowest BCUT2D eigenvalue weighted by molar-refractivity contribution is 0.319. The molecule has 7 nitrogen and oxygen atoms in total. The normalized spacial score (nSPS) is 14.8. The summed E-state index contributed by atoms with van der Waals surface area (Å²) in [6, 6.07) is 18.5. The number of aromatic nitrogens is 3. The van der Waals surface area contributed by atoms with Gasteiger partial charge in [-0.2, -0.15) is 8.42 Å². The van der Waals surface area contributed by atoms with Gasteiger partial charge in [-0.25, -0.2) is 0 Å². The number of para-hydroxylation sites is 2. The summed E-state index contributed by atoms with van der Waals surface area (Å²) in [4.78, 5) is 2.37. The van der Waals surface area contributed by atoms with Crippen molar-refractivity contribution in [3.8, 4) is 11.4 Å². The van der Waals surface area contributed by atoms with Crippen molar-refractivity contribution in [2.75, 3.05) is 24.6 Å². The van der Waals surface area contributed by atoms with Crippen molar-refractivity contribution in [3.05, 3.63) is 66.5 Å². The van der Waals surface area contributed by atoms with Crippen LogP contribution in [0.2, 0.25) is 0 Å². The molecule has 0 amide bonds. The second kappa shape index (κ2) is 9.63. The highest BCUT2D eigenvalue weighted by atomic mass is 32.2. The van der Waals surface area contributed by atoms with E-state index in [1.807, 2.05) is 41.0 Å². The van der Waals surface area contributed by atoms with E-state index in [-0.39, 0.29) is 5.75 Å². The van der Waals surface area contributed by atoms with Crippen LogP contribution in [0.15, 0.2) is 65.8 Å². The molecule has 0 spiro atoms. The van der Waals surface area contributed by atoms with Gasteiger partial charge in [-0.15, -0.1) is 10.2 Å². The van der Waals surface area contributed by atoms with Crippen LogP contribution in [0.4, 0.5) is 0 Å². The Morgan fingerprint density at radius 1 is 0.933 bits per heavy atom. The van der Waals surface area contributed by atoms with Gasteiger partial charge in [0, 0.05) is 11.4 Å². The zero-order valence-corrected chi connectivity index (χ0v) is 18.2. The number of rotatable bonds is 9. The third kappa shape index (κ3) is 5.41. The number of thioether (sulfide) groups is 1. The number of hydrogen-bond donors (Lipinski definition) is 0. The molecule has 158 valence electrons. The summed E-state index contributed by atoms with van der Waals surface area (Å²) in [5.74, 6) is 1.40. The van der Waals surface area contributed by atoms with E-state index >= 15 is 0 Å². The van der Waals surface area contributed by atoms with Crippen molar-refractivity contribution in [2.24, 2.45) is 0 Å². The highest BCUT2D eigenvalue weighted by Gasteiger charge is 2.20. The second-order valence-corrected chi connectivity index (χ2v) is 9.81. The van der Waals surface area contributed by atoms with Crippen molar-refractivity contribution in [1.29, 1.82) is 0 Å². The summed E-state index contributed by atoms with van der Waals surface area (Å²) in [6.45, 7) is 2.87. The van der Waals surface area contributed by atoms with Crippen LogP contribution < -0.4 is 4.18 Å². The van der Waals surface area contributed by atoms with Crippen molar-refractivity contribution in [3.63, 3.8) is 0 Å². The minimum absolute atomic E-state index is 0.115. The van der Waals surface area contributed by atoms with Gasteiger partial charge in [0.2, 0.25) is 0 Å². The molecule has 3 aromatic rings. The van der Waals surface area contributed by atoms with Crippen LogP contribution in [-0.2, 0) is 16.7 Å². The second-order valence-electron chi connectivity index (χ2n) is 7.06. The molecule has 1 aliphatic heterocycles. The van der Waals surface area contributed by atoms with Crippen LogP contribution in [0.25, 0.3) is 5.69 Å². The molecule has 0 unspecified atom stereocenters. The minimum atomic E-state index is -3.68. The molecule has 1 fully saturated rings. The molecule has 1 aromatic heterocycles. The summed E-state index contributed by atoms with van der Waals surface area (Å²) in [6.07, 6.45) is 2.42. The highest BCUT2D eigenvalue weighted by Crippen LogP contribution is 2.24. The fourth-order valence-corrected chi connectivity index (χ4v) is 5.63. The molecular weight excluding hydrogens is 420 g/mol. The Kier molecular flexibility index (Phi) is 6.71. The van der Waals surface area contributed by atoms with Gasteiger partial charge in [0.15, 0.2) is 11.0 Å². The van der Waals surface area contributed by atoms with Gasteiger partial charge in [-0.05, 0) is 50.2 Å². The quantitative estimate of drug-likeness (QED) is 0.370. The van der Waals surface area contributed by atoms with E-state index in [2.05, 4.69) is 15.1 Å². The van der Waals surface area contributed by atoms with E-state index in [4.69, 9.17) is 4.18 Å². The zero-order chi connectivity index (χ0) is 20.8. The molecule has 30 heavy (non-hydrogen) atoms. The zero-order valence-electron chi connectivity index (χ0n) is 16.6. The lowest BCUT2D eigenvalue weighted by Gasteiger charge is -2.16. The predicted molar refractivity (Wildman–Crippen MR) is 117 cm³/mol. The van der Waals surface area contributed by atoms with Gasteiger partial charge in [0.05, 0.1) is 12.3 Å². The molecule has 0 radical (unpaired) electrons. The largest absolute Gasteiger partial charge is 0.382 e. The molecule has 0 aliphatic carbocycles. The maximum atomic E-state index is 12.3. The molecule has 0 saturated carbocycles. The third-order valence-electron chi connectivity index (χ3n) is 4.81. The SMILES string of the molecule is O=S(=O)(CCSc1nnc(CN2CCCC2)n1-c1ccccc1)Oc1ccccc1. The number of hydrogen-bond acceptors (Lipinski definition) is 7. The van der Waals surface area contributed by atoms with Crippen LogP contribution >= 0.6 is 11.8 Å². The molecule has 9 heteroatoms. The Morgan fingerprint density at radius 2 is 1.60 bits per heavy atom. The minimum Gasteiger partial charge on any atom is -0.382 e. The molecule has 2 aromatic carbocycles. The predicted octanol–water partition coefficient (Wildman–Crippen LogP) is 3.36. The lowest BCUT2D eigenvalue weighted by Crippen LogP contribution is -2.21. The summed E-state index contributed by atoms with van der Waals surface area (Å²) in [5, 5.41) is 9.45. The van der Waals surface area contributed by atoms with Gasteiger partial charge in [0.25, 0.3) is 0 Å². The summed E-state index contributed by atoms with van der Waals surface area (Å²) < 4.78 is 31.8. The van der Waals surface area contributed by atoms with E-state index < -0.39 is 10.1 Å². The van der Waals surface area contributed by atoms with Crippen LogP contribution in [0, 0.1) is 0 Å². The topological polar surface area (TPSA) is 77.3 Å². The first-order chi connectivity index (χ1) is 14.6. The molecule has 1 saturated heterocycles. The standard InChI is InChI=1S/C21H24N4O3S2/c26-30(27,28-19-11-5-2-6-12-19)16-15-29-21-23-22-20(17-24-13-7-8-14-24)25(21)18-9-3-1-4-10-18/h1-6,9-12H,7-8,13-17H2. The van der Waals surface area contributed by atoms with Crippen molar-refractivity contribution in [1.82, 2.24) is 19.7 Å². The summed E-state index contributed by atoms with van der Waals surface area (Å²) in [7, 11) is -3.68. The molecular formula is C21H24N4O3S2. The van der Waals surface area contributed by atoms with Gasteiger partial charge in [0.1, 0.15) is 5.75 Å². The van der Waals surface area contributed by atoms with Gasteiger partial charge in [-0.3, -0.25) is 9.47 Å². The van der Waals surface area contributed by atoms with Crippen molar-refractivity contribution >= 4 is 21.9 Å². The molecule has 4 rings (SSSR count). The Hall–Kier alpha value is -2.36. The average molecular weight is 445 g/mol. The first-order valence-corrected chi connectivity index (χ1v) is 12.5. The maximum absolute atomic E-state index is 12.3. The monoisotopic (exact) mass is 444 g/mol. The Morgan fingerprint density at radius 3 is 2.30 bits per heavy atom. The van der Waals surface area contributed by atoms with Crippen LogP contribution in [0.1, 0.15) is 18.7 Å². The Bertz CT molecular complexity index is 1050. The molecule has 0 N–H and O–H groups in total. The summed E-state index contributed by atoms with van der Waals surface area (Å²) >= 11 is 1.37. The fourth-order valence-electron chi connectivity index (χ4n) is 3.37. The first-order valence-electron chi connectivity index (χ1n) is 9.93. The van der Waals surface area contributed by atoms with Gasteiger partial charge in [-0.1, -0.05) is 48.2 Å². The molecule has 0 bridgehead atoms. The number of likely N-dealkylation sites (tertiary alicyclic amines) is 1. The molecule has 2 heterocycles. The van der Waals surface area contributed by atoms with Crippen molar-refractivity contribution in [2.45, 2.75) is 24.5 Å². The van der Waals surface area contributed by atoms with E-state index in [9.17, 15) is 8.42 Å². The van der Waals surface area contributed by atoms with Crippen LogP contribution in [0.5, 0.6) is 5.75 Å². The van der Waals surface area contributed by atoms with E-state index in [0.717, 1.165) is 31.1 Å². The lowest BCUT2D eigenvalue weighted by atomic mass is 10.3. The first kappa shape index (κ1) is 20.9. The highest BCUT2D eigenvalue weighted by molar-refractivity contribution is 8.00. The smallest absolute Gasteiger partial charge is 0.310 e. The van der Waals surface area contributed by atoms with Crippen molar-refractivity contribution < 1.29 is 12.6 Å². The number of nitrogens with zero attached hydrogens (tertiary/aromatic N) is 4. The van der Waals surface area contributed by atoms with Gasteiger partial charge >= 0.3 is 10.1 Å². The molecule has 1 aliphatic rings. The number of benzene rings is 2. The average Bonchev–Trinajstić information content (AvgIpc) is 3.39. The Balaban J connectivity index is 1.46. The Labute approximate surface area is 181 Å². The van der Waals surface area contributed by atoms with Crippen LogP contribution in [0.3, 0.4) is 0 Å². The van der Waals surface area contributed by atoms with E-state index in [0.29, 0.717) is 16.7 Å². The van der Waals surface area contributed by atoms with Crippen LogP contribution in [-0.4, -0.2) is 52.7 Å². The summed E-state index contributed by atoms with van der Waals surface area (Å²) in [5.41, 5.74) is 0.975. The van der Waals surface area contributed by atoms with E-state index in [1.165, 1.54) is 24.6 Å². The third-order valence-corrected chi connectivity index (χ3v) is 7.15. The van der Waals surface area contributed by atoms with E-state index in [1.54, 1.807) is 24.3 Å². The fraction of sp³-hybridized carbons (Fsp3) is 0.333. The molecule has 0 atom stereocenters.